The zero-order valence-electron chi connectivity index (χ0n) is 17.8. The van der Waals surface area contributed by atoms with Crippen molar-refractivity contribution < 1.29 is 23.1 Å². The molecule has 2 N–H and O–H groups in total. The van der Waals surface area contributed by atoms with Crippen molar-refractivity contribution in [1.82, 2.24) is 4.98 Å². The fourth-order valence-corrected chi connectivity index (χ4v) is 5.23. The van der Waals surface area contributed by atoms with Gasteiger partial charge in [-0.2, -0.15) is 0 Å². The number of hydrogen-bond acceptors (Lipinski definition) is 5. The highest BCUT2D eigenvalue weighted by Gasteiger charge is 2.38. The van der Waals surface area contributed by atoms with Gasteiger partial charge in [-0.3, -0.25) is 14.1 Å². The molecule has 1 amide bonds. The van der Waals surface area contributed by atoms with Gasteiger partial charge in [0.05, 0.1) is 16.1 Å². The van der Waals surface area contributed by atoms with Crippen LogP contribution in [0.25, 0.3) is 0 Å². The summed E-state index contributed by atoms with van der Waals surface area (Å²) in [4.78, 5) is 28.2. The lowest BCUT2D eigenvalue weighted by Gasteiger charge is -2.32. The minimum atomic E-state index is -4.35. The molecule has 33 heavy (non-hydrogen) atoms. The molecule has 0 aliphatic carbocycles. The van der Waals surface area contributed by atoms with Gasteiger partial charge in [-0.05, 0) is 54.4 Å². The summed E-state index contributed by atoms with van der Waals surface area (Å²) >= 11 is 6.07. The summed E-state index contributed by atoms with van der Waals surface area (Å²) in [6.45, 7) is 3.24. The predicted molar refractivity (Wildman–Crippen MR) is 126 cm³/mol. The lowest BCUT2D eigenvalue weighted by molar-refractivity contribution is -0.139. The molecule has 0 saturated heterocycles. The standard InChI is InChI=1S/C23H22ClN3O5S/c1-15(2)21(23(29)30)27(19-9-3-7-17(24)12-19)33(31,32)20-10-4-8-18(13-20)26-22(28)16-6-5-11-25-14-16/h3-15,21H,1-2H3,(H,26,28)(H,29,30). The molecule has 0 bridgehead atoms. The zero-order valence-corrected chi connectivity index (χ0v) is 19.4. The van der Waals surface area contributed by atoms with Gasteiger partial charge in [-0.15, -0.1) is 0 Å². The molecule has 1 aromatic heterocycles. The number of carbonyl (C=O) groups excluding carboxylic acids is 1. The second-order valence-electron chi connectivity index (χ2n) is 7.53. The summed E-state index contributed by atoms with van der Waals surface area (Å²) in [7, 11) is -4.35. The first-order valence-corrected chi connectivity index (χ1v) is 11.8. The number of pyridine rings is 1. The van der Waals surface area contributed by atoms with Gasteiger partial charge in [0.1, 0.15) is 6.04 Å². The maximum atomic E-state index is 13.7. The van der Waals surface area contributed by atoms with Crippen LogP contribution >= 0.6 is 11.6 Å². The number of carbonyl (C=O) groups is 2. The van der Waals surface area contributed by atoms with Gasteiger partial charge >= 0.3 is 5.97 Å². The Labute approximate surface area is 196 Å². The highest BCUT2D eigenvalue weighted by Crippen LogP contribution is 2.31. The molecule has 1 heterocycles. The van der Waals surface area contributed by atoms with Gasteiger partial charge in [-0.25, -0.2) is 13.2 Å². The summed E-state index contributed by atoms with van der Waals surface area (Å²) < 4.78 is 28.3. The van der Waals surface area contributed by atoms with Gasteiger partial charge < -0.3 is 10.4 Å². The van der Waals surface area contributed by atoms with Crippen LogP contribution in [-0.2, 0) is 14.8 Å². The summed E-state index contributed by atoms with van der Waals surface area (Å²) in [6, 6.07) is 13.4. The van der Waals surface area contributed by atoms with E-state index in [4.69, 9.17) is 11.6 Å². The molecule has 1 unspecified atom stereocenters. The minimum absolute atomic E-state index is 0.119. The fourth-order valence-electron chi connectivity index (χ4n) is 3.27. The van der Waals surface area contributed by atoms with E-state index in [1.165, 1.54) is 48.8 Å². The molecule has 8 nitrogen and oxygen atoms in total. The summed E-state index contributed by atoms with van der Waals surface area (Å²) in [5.41, 5.74) is 0.651. The predicted octanol–water partition coefficient (Wildman–Crippen LogP) is 4.29. The van der Waals surface area contributed by atoms with Crippen molar-refractivity contribution >= 4 is 44.9 Å². The Morgan fingerprint density at radius 3 is 2.39 bits per heavy atom. The van der Waals surface area contributed by atoms with E-state index in [-0.39, 0.29) is 21.3 Å². The molecule has 0 aliphatic rings. The van der Waals surface area contributed by atoms with Crippen LogP contribution < -0.4 is 9.62 Å². The smallest absolute Gasteiger partial charge is 0.327 e. The molecular formula is C23H22ClN3O5S. The van der Waals surface area contributed by atoms with Crippen LogP contribution in [0.5, 0.6) is 0 Å². The number of sulfonamides is 1. The number of nitrogens with zero attached hydrogens (tertiary/aromatic N) is 2. The molecule has 0 saturated carbocycles. The van der Waals surface area contributed by atoms with E-state index < -0.39 is 33.9 Å². The van der Waals surface area contributed by atoms with Gasteiger partial charge in [0.25, 0.3) is 15.9 Å². The Balaban J connectivity index is 2.05. The molecule has 172 valence electrons. The molecule has 3 rings (SSSR count). The van der Waals surface area contributed by atoms with E-state index in [9.17, 15) is 23.1 Å². The summed E-state index contributed by atoms with van der Waals surface area (Å²) in [6.07, 6.45) is 2.92. The third-order valence-corrected chi connectivity index (χ3v) is 6.81. The van der Waals surface area contributed by atoms with Crippen molar-refractivity contribution in [2.24, 2.45) is 5.92 Å². The molecule has 10 heteroatoms. The first kappa shape index (κ1) is 24.2. The number of carboxylic acid groups (broad SMARTS) is 1. The molecular weight excluding hydrogens is 466 g/mol. The number of carboxylic acids is 1. The summed E-state index contributed by atoms with van der Waals surface area (Å²) in [5, 5.41) is 12.7. The van der Waals surface area contributed by atoms with E-state index in [0.29, 0.717) is 5.56 Å². The van der Waals surface area contributed by atoms with E-state index >= 15 is 0 Å². The Hall–Kier alpha value is -3.43. The van der Waals surface area contributed by atoms with Gasteiger partial charge in [0.2, 0.25) is 0 Å². The number of nitrogens with one attached hydrogen (secondary N) is 1. The largest absolute Gasteiger partial charge is 0.480 e. The highest BCUT2D eigenvalue weighted by molar-refractivity contribution is 7.93. The van der Waals surface area contributed by atoms with E-state index in [0.717, 1.165) is 4.31 Å². The lowest BCUT2D eigenvalue weighted by atomic mass is 10.0. The number of hydrogen-bond donors (Lipinski definition) is 2. The Morgan fingerprint density at radius 2 is 1.79 bits per heavy atom. The lowest BCUT2D eigenvalue weighted by Crippen LogP contribution is -2.48. The van der Waals surface area contributed by atoms with Crippen molar-refractivity contribution in [3.05, 3.63) is 83.6 Å². The topological polar surface area (TPSA) is 117 Å². The average molecular weight is 488 g/mol. The third kappa shape index (κ3) is 5.50. The van der Waals surface area contributed by atoms with Crippen LogP contribution in [0.2, 0.25) is 5.02 Å². The number of rotatable bonds is 8. The minimum Gasteiger partial charge on any atom is -0.480 e. The van der Waals surface area contributed by atoms with Crippen LogP contribution in [0.3, 0.4) is 0 Å². The Bertz CT molecular complexity index is 1270. The Kier molecular flexibility index (Phi) is 7.35. The molecule has 0 radical (unpaired) electrons. The second-order valence-corrected chi connectivity index (χ2v) is 9.78. The molecule has 3 aromatic rings. The van der Waals surface area contributed by atoms with Crippen molar-refractivity contribution in [3.8, 4) is 0 Å². The van der Waals surface area contributed by atoms with E-state index in [2.05, 4.69) is 10.3 Å². The van der Waals surface area contributed by atoms with Crippen LogP contribution in [0.1, 0.15) is 24.2 Å². The Morgan fingerprint density at radius 1 is 1.06 bits per heavy atom. The van der Waals surface area contributed by atoms with Crippen molar-refractivity contribution in [1.29, 1.82) is 0 Å². The van der Waals surface area contributed by atoms with Crippen molar-refractivity contribution in [3.63, 3.8) is 0 Å². The summed E-state index contributed by atoms with van der Waals surface area (Å²) in [5.74, 6) is -2.31. The van der Waals surface area contributed by atoms with Gasteiger partial charge in [0, 0.05) is 23.1 Å². The number of aliphatic carboxylic acids is 1. The molecule has 0 fully saturated rings. The number of benzene rings is 2. The van der Waals surface area contributed by atoms with Crippen molar-refractivity contribution in [2.45, 2.75) is 24.8 Å². The monoisotopic (exact) mass is 487 g/mol. The van der Waals surface area contributed by atoms with E-state index in [1.807, 2.05) is 0 Å². The van der Waals surface area contributed by atoms with Crippen LogP contribution in [0, 0.1) is 5.92 Å². The van der Waals surface area contributed by atoms with E-state index in [1.54, 1.807) is 38.1 Å². The van der Waals surface area contributed by atoms with Gasteiger partial charge in [0.15, 0.2) is 0 Å². The number of anilines is 2. The highest BCUT2D eigenvalue weighted by atomic mass is 35.5. The zero-order chi connectivity index (χ0) is 24.2. The fraction of sp³-hybridized carbons (Fsp3) is 0.174. The molecule has 0 spiro atoms. The SMILES string of the molecule is CC(C)C(C(=O)O)N(c1cccc(Cl)c1)S(=O)(=O)c1cccc(NC(=O)c2cccnc2)c1. The van der Waals surface area contributed by atoms with Gasteiger partial charge in [-0.1, -0.05) is 37.6 Å². The third-order valence-electron chi connectivity index (χ3n) is 4.77. The van der Waals surface area contributed by atoms with Crippen LogP contribution in [-0.4, -0.2) is 36.4 Å². The first-order valence-electron chi connectivity index (χ1n) is 9.95. The maximum absolute atomic E-state index is 13.7. The van der Waals surface area contributed by atoms with Crippen LogP contribution in [0.4, 0.5) is 11.4 Å². The van der Waals surface area contributed by atoms with Crippen molar-refractivity contribution in [2.75, 3.05) is 9.62 Å². The number of aromatic nitrogens is 1. The second kappa shape index (κ2) is 10.0. The average Bonchev–Trinajstić information content (AvgIpc) is 2.77. The maximum Gasteiger partial charge on any atom is 0.327 e. The first-order chi connectivity index (χ1) is 15.6. The molecule has 2 aromatic carbocycles. The molecule has 0 aliphatic heterocycles. The molecule has 1 atom stereocenters. The van der Waals surface area contributed by atoms with Crippen LogP contribution in [0.15, 0.2) is 78.0 Å². The quantitative estimate of drug-likeness (QED) is 0.489. The number of amides is 1. The number of halogens is 1. The normalized spacial score (nSPS) is 12.2.